The van der Waals surface area contributed by atoms with Gasteiger partial charge in [-0.2, -0.15) is 0 Å². The Labute approximate surface area is 184 Å². The Balaban J connectivity index is 1.91. The van der Waals surface area contributed by atoms with Crippen molar-refractivity contribution in [3.05, 3.63) is 52.6 Å². The standard InChI is InChI=1S/C24H33N3O4/c1-16-10-17(2)24(18(3)11-16)25-22(28)14-26(4)15-23(29)27(5)13-19-8-9-20(30-6)21(12-19)31-7/h8-12H,13-15H2,1-7H3,(H,25,28). The number of benzene rings is 2. The summed E-state index contributed by atoms with van der Waals surface area (Å²) in [6.07, 6.45) is 0. The highest BCUT2D eigenvalue weighted by atomic mass is 16.5. The van der Waals surface area contributed by atoms with E-state index in [1.54, 1.807) is 38.1 Å². The summed E-state index contributed by atoms with van der Waals surface area (Å²) in [5.74, 6) is 1.04. The van der Waals surface area contributed by atoms with E-state index in [9.17, 15) is 9.59 Å². The van der Waals surface area contributed by atoms with Crippen LogP contribution in [0.25, 0.3) is 0 Å². The minimum atomic E-state index is -0.145. The average Bonchev–Trinajstić information content (AvgIpc) is 2.70. The zero-order valence-corrected chi connectivity index (χ0v) is 19.5. The van der Waals surface area contributed by atoms with Crippen molar-refractivity contribution in [2.75, 3.05) is 46.7 Å². The van der Waals surface area contributed by atoms with Crippen LogP contribution in [0, 0.1) is 20.8 Å². The lowest BCUT2D eigenvalue weighted by Gasteiger charge is -2.22. The number of carbonyl (C=O) groups excluding carboxylic acids is 2. The van der Waals surface area contributed by atoms with Crippen molar-refractivity contribution in [2.24, 2.45) is 0 Å². The molecule has 0 spiro atoms. The van der Waals surface area contributed by atoms with E-state index in [2.05, 4.69) is 5.32 Å². The molecule has 7 nitrogen and oxygen atoms in total. The Morgan fingerprint density at radius 3 is 2.10 bits per heavy atom. The number of rotatable bonds is 9. The Morgan fingerprint density at radius 2 is 1.52 bits per heavy atom. The monoisotopic (exact) mass is 427 g/mol. The quantitative estimate of drug-likeness (QED) is 0.666. The van der Waals surface area contributed by atoms with E-state index in [1.165, 1.54) is 0 Å². The third-order valence-corrected chi connectivity index (χ3v) is 5.05. The van der Waals surface area contributed by atoms with Crippen molar-refractivity contribution < 1.29 is 19.1 Å². The van der Waals surface area contributed by atoms with Crippen LogP contribution < -0.4 is 14.8 Å². The molecule has 0 bridgehead atoms. The van der Waals surface area contributed by atoms with Crippen LogP contribution in [0.4, 0.5) is 5.69 Å². The molecule has 0 aliphatic heterocycles. The maximum absolute atomic E-state index is 12.6. The maximum Gasteiger partial charge on any atom is 0.238 e. The largest absolute Gasteiger partial charge is 0.493 e. The van der Waals surface area contributed by atoms with Crippen molar-refractivity contribution in [3.8, 4) is 11.5 Å². The number of likely N-dealkylation sites (N-methyl/N-ethyl adjacent to an activating group) is 2. The smallest absolute Gasteiger partial charge is 0.238 e. The molecule has 2 aromatic rings. The fourth-order valence-electron chi connectivity index (χ4n) is 3.55. The van der Waals surface area contributed by atoms with Gasteiger partial charge in [0.15, 0.2) is 11.5 Å². The molecule has 168 valence electrons. The van der Waals surface area contributed by atoms with Crippen LogP contribution in [0.5, 0.6) is 11.5 Å². The molecule has 2 amide bonds. The fraction of sp³-hybridized carbons (Fsp3) is 0.417. The van der Waals surface area contributed by atoms with Gasteiger partial charge in [0.25, 0.3) is 0 Å². The number of hydrogen-bond donors (Lipinski definition) is 1. The van der Waals surface area contributed by atoms with Crippen LogP contribution in [0.3, 0.4) is 0 Å². The molecule has 31 heavy (non-hydrogen) atoms. The number of carbonyl (C=O) groups is 2. The van der Waals surface area contributed by atoms with Gasteiger partial charge in [0.2, 0.25) is 11.8 Å². The second-order valence-corrected chi connectivity index (χ2v) is 7.93. The lowest BCUT2D eigenvalue weighted by molar-refractivity contribution is -0.131. The third kappa shape index (κ3) is 6.72. The molecule has 0 aromatic heterocycles. The number of methoxy groups -OCH3 is 2. The van der Waals surface area contributed by atoms with Gasteiger partial charge in [-0.3, -0.25) is 14.5 Å². The average molecular weight is 428 g/mol. The summed E-state index contributed by atoms with van der Waals surface area (Å²) in [6, 6.07) is 9.65. The Bertz CT molecular complexity index is 919. The van der Waals surface area contributed by atoms with Crippen molar-refractivity contribution >= 4 is 17.5 Å². The van der Waals surface area contributed by atoms with Crippen molar-refractivity contribution in [1.29, 1.82) is 0 Å². The van der Waals surface area contributed by atoms with Crippen LogP contribution in [0.15, 0.2) is 30.3 Å². The molecule has 0 heterocycles. The van der Waals surface area contributed by atoms with E-state index in [4.69, 9.17) is 9.47 Å². The third-order valence-electron chi connectivity index (χ3n) is 5.05. The number of hydrogen-bond acceptors (Lipinski definition) is 5. The first kappa shape index (κ1) is 24.2. The van der Waals surface area contributed by atoms with Gasteiger partial charge in [-0.15, -0.1) is 0 Å². The van der Waals surface area contributed by atoms with E-state index >= 15 is 0 Å². The zero-order chi connectivity index (χ0) is 23.1. The predicted molar refractivity (Wildman–Crippen MR) is 123 cm³/mol. The Kier molecular flexibility index (Phi) is 8.45. The molecule has 0 unspecified atom stereocenters. The second-order valence-electron chi connectivity index (χ2n) is 7.93. The van der Waals surface area contributed by atoms with E-state index in [0.29, 0.717) is 18.0 Å². The molecule has 0 saturated heterocycles. The van der Waals surface area contributed by atoms with Gasteiger partial charge in [0.1, 0.15) is 0 Å². The van der Waals surface area contributed by atoms with E-state index < -0.39 is 0 Å². The zero-order valence-electron chi connectivity index (χ0n) is 19.5. The lowest BCUT2D eigenvalue weighted by Crippen LogP contribution is -2.39. The maximum atomic E-state index is 12.6. The summed E-state index contributed by atoms with van der Waals surface area (Å²) < 4.78 is 10.6. The topological polar surface area (TPSA) is 71.1 Å². The summed E-state index contributed by atoms with van der Waals surface area (Å²) in [5, 5.41) is 2.97. The summed E-state index contributed by atoms with van der Waals surface area (Å²) in [6.45, 7) is 6.69. The van der Waals surface area contributed by atoms with Crippen LogP contribution in [-0.4, -0.2) is 63.0 Å². The van der Waals surface area contributed by atoms with Crippen molar-refractivity contribution in [2.45, 2.75) is 27.3 Å². The first-order valence-corrected chi connectivity index (χ1v) is 10.2. The van der Waals surface area contributed by atoms with E-state index in [-0.39, 0.29) is 24.9 Å². The molecule has 2 aromatic carbocycles. The van der Waals surface area contributed by atoms with Crippen molar-refractivity contribution in [1.82, 2.24) is 9.80 Å². The molecule has 1 N–H and O–H groups in total. The van der Waals surface area contributed by atoms with Gasteiger partial charge < -0.3 is 19.7 Å². The number of anilines is 1. The molecule has 0 fully saturated rings. The van der Waals surface area contributed by atoms with Crippen LogP contribution in [0.2, 0.25) is 0 Å². The molecular weight excluding hydrogens is 394 g/mol. The summed E-state index contributed by atoms with van der Waals surface area (Å²) in [5.41, 5.74) is 4.98. The highest BCUT2D eigenvalue weighted by Gasteiger charge is 2.16. The van der Waals surface area contributed by atoms with Gasteiger partial charge in [0.05, 0.1) is 27.3 Å². The Morgan fingerprint density at radius 1 is 0.903 bits per heavy atom. The minimum Gasteiger partial charge on any atom is -0.493 e. The first-order chi connectivity index (χ1) is 14.6. The molecule has 7 heteroatoms. The number of nitrogens with zero attached hydrogens (tertiary/aromatic N) is 2. The summed E-state index contributed by atoms with van der Waals surface area (Å²) in [4.78, 5) is 28.4. The van der Waals surface area contributed by atoms with Crippen LogP contribution in [-0.2, 0) is 16.1 Å². The van der Waals surface area contributed by atoms with E-state index in [0.717, 1.165) is 27.9 Å². The molecule has 0 radical (unpaired) electrons. The SMILES string of the molecule is COc1ccc(CN(C)C(=O)CN(C)CC(=O)Nc2c(C)cc(C)cc2C)cc1OC. The van der Waals surface area contributed by atoms with Gasteiger partial charge in [-0.05, 0) is 56.6 Å². The Hall–Kier alpha value is -3.06. The summed E-state index contributed by atoms with van der Waals surface area (Å²) in [7, 11) is 6.67. The lowest BCUT2D eigenvalue weighted by atomic mass is 10.1. The molecule has 0 saturated carbocycles. The van der Waals surface area contributed by atoms with E-state index in [1.807, 2.05) is 51.1 Å². The highest BCUT2D eigenvalue weighted by molar-refractivity contribution is 5.94. The molecular formula is C24H33N3O4. The molecule has 0 aliphatic carbocycles. The minimum absolute atomic E-state index is 0.0761. The molecule has 2 rings (SSSR count). The number of aryl methyl sites for hydroxylation is 3. The van der Waals surface area contributed by atoms with Gasteiger partial charge in [-0.25, -0.2) is 0 Å². The first-order valence-electron chi connectivity index (χ1n) is 10.2. The second kappa shape index (κ2) is 10.8. The molecule has 0 atom stereocenters. The van der Waals surface area contributed by atoms with Crippen molar-refractivity contribution in [3.63, 3.8) is 0 Å². The number of ether oxygens (including phenoxy) is 2. The molecule has 0 aliphatic rings. The van der Waals surface area contributed by atoms with Crippen LogP contribution in [0.1, 0.15) is 22.3 Å². The van der Waals surface area contributed by atoms with Gasteiger partial charge >= 0.3 is 0 Å². The van der Waals surface area contributed by atoms with Crippen LogP contribution >= 0.6 is 0 Å². The normalized spacial score (nSPS) is 10.7. The van der Waals surface area contributed by atoms with Gasteiger partial charge in [0, 0.05) is 19.3 Å². The number of nitrogens with one attached hydrogen (secondary N) is 1. The fourth-order valence-corrected chi connectivity index (χ4v) is 3.55. The number of amides is 2. The predicted octanol–water partition coefficient (Wildman–Crippen LogP) is 3.16. The highest BCUT2D eigenvalue weighted by Crippen LogP contribution is 2.28. The summed E-state index contributed by atoms with van der Waals surface area (Å²) >= 11 is 0. The van der Waals surface area contributed by atoms with Gasteiger partial charge in [-0.1, -0.05) is 23.8 Å².